The number of rotatable bonds is 6. The van der Waals surface area contributed by atoms with Crippen LogP contribution in [0.2, 0.25) is 0 Å². The minimum Gasteiger partial charge on any atom is -0.337 e. The molecule has 166 valence electrons. The summed E-state index contributed by atoms with van der Waals surface area (Å²) in [7, 11) is 0. The Labute approximate surface area is 191 Å². The smallest absolute Gasteiger partial charge is 0.249 e. The zero-order chi connectivity index (χ0) is 22.6. The fourth-order valence-electron chi connectivity index (χ4n) is 3.68. The Morgan fingerprint density at radius 3 is 2.65 bits per heavy atom. The standard InChI is InChI=1S/C23H29BrN4O3/c1-5-13-27(22(30)23(2,3)4)15-19(29)28-14-7-6-8-18(28)21-25-20(26-31-21)16-9-11-17(24)12-10-16/h5,9-12,18H,1,6-8,13-15H2,2-4H3. The van der Waals surface area contributed by atoms with Crippen LogP contribution in [-0.2, 0) is 9.59 Å². The number of carbonyl (C=O) groups excluding carboxylic acids is 2. The molecule has 1 aromatic carbocycles. The average Bonchev–Trinajstić information content (AvgIpc) is 3.23. The van der Waals surface area contributed by atoms with Crippen molar-refractivity contribution in [2.45, 2.75) is 46.1 Å². The Kier molecular flexibility index (Phi) is 7.30. The summed E-state index contributed by atoms with van der Waals surface area (Å²) in [5.74, 6) is 0.734. The summed E-state index contributed by atoms with van der Waals surface area (Å²) >= 11 is 3.42. The fourth-order valence-corrected chi connectivity index (χ4v) is 3.94. The third kappa shape index (κ3) is 5.61. The van der Waals surface area contributed by atoms with E-state index in [0.717, 1.165) is 29.3 Å². The summed E-state index contributed by atoms with van der Waals surface area (Å²) in [4.78, 5) is 33.9. The number of nitrogens with zero attached hydrogens (tertiary/aromatic N) is 4. The van der Waals surface area contributed by atoms with Crippen molar-refractivity contribution in [1.29, 1.82) is 0 Å². The predicted molar refractivity (Wildman–Crippen MR) is 122 cm³/mol. The number of hydrogen-bond donors (Lipinski definition) is 0. The maximum Gasteiger partial charge on any atom is 0.249 e. The first-order chi connectivity index (χ1) is 14.7. The molecule has 0 saturated carbocycles. The lowest BCUT2D eigenvalue weighted by Crippen LogP contribution is -2.48. The molecule has 2 amide bonds. The molecule has 0 N–H and O–H groups in total. The lowest BCUT2D eigenvalue weighted by atomic mass is 9.94. The van der Waals surface area contributed by atoms with Gasteiger partial charge in [-0.3, -0.25) is 9.59 Å². The molecule has 3 rings (SSSR count). The summed E-state index contributed by atoms with van der Waals surface area (Å²) in [6.07, 6.45) is 4.28. The largest absolute Gasteiger partial charge is 0.337 e. The van der Waals surface area contributed by atoms with E-state index >= 15 is 0 Å². The number of carbonyl (C=O) groups is 2. The first-order valence-electron chi connectivity index (χ1n) is 10.5. The second kappa shape index (κ2) is 9.77. The second-order valence-corrected chi connectivity index (χ2v) is 9.70. The van der Waals surface area contributed by atoms with Crippen molar-refractivity contribution >= 4 is 27.7 Å². The molecule has 1 aromatic heterocycles. The number of aromatic nitrogens is 2. The second-order valence-electron chi connectivity index (χ2n) is 8.79. The molecule has 1 saturated heterocycles. The Balaban J connectivity index is 1.78. The summed E-state index contributed by atoms with van der Waals surface area (Å²) < 4.78 is 6.53. The van der Waals surface area contributed by atoms with Crippen molar-refractivity contribution < 1.29 is 14.1 Å². The molecule has 1 aliphatic heterocycles. The van der Waals surface area contributed by atoms with E-state index in [1.165, 1.54) is 0 Å². The van der Waals surface area contributed by atoms with Crippen LogP contribution >= 0.6 is 15.9 Å². The van der Waals surface area contributed by atoms with Crippen LogP contribution in [0, 0.1) is 5.41 Å². The van der Waals surface area contributed by atoms with Crippen LogP contribution in [-0.4, -0.2) is 51.4 Å². The number of hydrogen-bond acceptors (Lipinski definition) is 5. The van der Waals surface area contributed by atoms with Crippen molar-refractivity contribution in [3.8, 4) is 11.4 Å². The van der Waals surface area contributed by atoms with Gasteiger partial charge >= 0.3 is 0 Å². The summed E-state index contributed by atoms with van der Waals surface area (Å²) in [5, 5.41) is 4.12. The van der Waals surface area contributed by atoms with Crippen LogP contribution < -0.4 is 0 Å². The van der Waals surface area contributed by atoms with Gasteiger partial charge in [-0.05, 0) is 43.5 Å². The van der Waals surface area contributed by atoms with Crippen LogP contribution in [0.25, 0.3) is 11.4 Å². The maximum atomic E-state index is 13.2. The molecule has 8 heteroatoms. The van der Waals surface area contributed by atoms with Gasteiger partial charge in [0.1, 0.15) is 12.6 Å². The number of halogens is 1. The van der Waals surface area contributed by atoms with E-state index in [-0.39, 0.29) is 24.4 Å². The molecule has 1 atom stereocenters. The predicted octanol–water partition coefficient (Wildman–Crippen LogP) is 4.61. The van der Waals surface area contributed by atoms with E-state index in [9.17, 15) is 9.59 Å². The van der Waals surface area contributed by atoms with Gasteiger partial charge in [0.05, 0.1) is 0 Å². The molecular formula is C23H29BrN4O3. The van der Waals surface area contributed by atoms with E-state index in [1.54, 1.807) is 15.9 Å². The summed E-state index contributed by atoms with van der Waals surface area (Å²) in [6, 6.07) is 7.37. The van der Waals surface area contributed by atoms with Gasteiger partial charge in [0, 0.05) is 28.5 Å². The zero-order valence-corrected chi connectivity index (χ0v) is 19.9. The van der Waals surface area contributed by atoms with E-state index in [2.05, 4.69) is 32.6 Å². The third-order valence-electron chi connectivity index (χ3n) is 5.26. The lowest BCUT2D eigenvalue weighted by Gasteiger charge is -2.36. The number of amides is 2. The molecule has 0 radical (unpaired) electrons. The average molecular weight is 489 g/mol. The highest BCUT2D eigenvalue weighted by Crippen LogP contribution is 2.31. The minimum atomic E-state index is -0.573. The molecule has 0 aliphatic carbocycles. The normalized spacial score (nSPS) is 16.8. The van der Waals surface area contributed by atoms with Crippen LogP contribution in [0.15, 0.2) is 45.9 Å². The Morgan fingerprint density at radius 1 is 1.29 bits per heavy atom. The fraction of sp³-hybridized carbons (Fsp3) is 0.478. The van der Waals surface area contributed by atoms with Gasteiger partial charge in [0.25, 0.3) is 0 Å². The molecule has 2 heterocycles. The quantitative estimate of drug-likeness (QED) is 0.554. The lowest BCUT2D eigenvalue weighted by molar-refractivity contribution is -0.146. The van der Waals surface area contributed by atoms with Gasteiger partial charge in [-0.2, -0.15) is 4.98 Å². The number of likely N-dealkylation sites (tertiary alicyclic amines) is 1. The van der Waals surface area contributed by atoms with E-state index < -0.39 is 5.41 Å². The van der Waals surface area contributed by atoms with Gasteiger partial charge in [0.15, 0.2) is 0 Å². The molecular weight excluding hydrogens is 460 g/mol. The Morgan fingerprint density at radius 2 is 2.00 bits per heavy atom. The summed E-state index contributed by atoms with van der Waals surface area (Å²) in [5.41, 5.74) is 0.274. The molecule has 1 aliphatic rings. The molecule has 1 fully saturated rings. The van der Waals surface area contributed by atoms with Gasteiger partial charge < -0.3 is 14.3 Å². The molecule has 7 nitrogen and oxygen atoms in total. The zero-order valence-electron chi connectivity index (χ0n) is 18.3. The first-order valence-corrected chi connectivity index (χ1v) is 11.3. The minimum absolute atomic E-state index is 0.00628. The van der Waals surface area contributed by atoms with Crippen LogP contribution in [0.5, 0.6) is 0 Å². The van der Waals surface area contributed by atoms with Crippen molar-refractivity contribution in [1.82, 2.24) is 19.9 Å². The number of piperidine rings is 1. The first kappa shape index (κ1) is 23.2. The van der Waals surface area contributed by atoms with Crippen LogP contribution in [0.1, 0.15) is 52.0 Å². The Bertz CT molecular complexity index is 933. The van der Waals surface area contributed by atoms with E-state index in [1.807, 2.05) is 45.0 Å². The van der Waals surface area contributed by atoms with Crippen LogP contribution in [0.4, 0.5) is 0 Å². The van der Waals surface area contributed by atoms with E-state index in [0.29, 0.717) is 24.8 Å². The van der Waals surface area contributed by atoms with Gasteiger partial charge in [-0.1, -0.05) is 47.9 Å². The summed E-state index contributed by atoms with van der Waals surface area (Å²) in [6.45, 7) is 10.2. The topological polar surface area (TPSA) is 79.5 Å². The highest BCUT2D eigenvalue weighted by molar-refractivity contribution is 9.10. The third-order valence-corrected chi connectivity index (χ3v) is 5.79. The monoisotopic (exact) mass is 488 g/mol. The maximum absolute atomic E-state index is 13.2. The Hall–Kier alpha value is -2.48. The van der Waals surface area contributed by atoms with Gasteiger partial charge in [0.2, 0.25) is 23.5 Å². The van der Waals surface area contributed by atoms with Gasteiger partial charge in [-0.25, -0.2) is 0 Å². The van der Waals surface area contributed by atoms with Crippen molar-refractivity contribution in [2.75, 3.05) is 19.6 Å². The van der Waals surface area contributed by atoms with Crippen molar-refractivity contribution in [3.63, 3.8) is 0 Å². The highest BCUT2D eigenvalue weighted by atomic mass is 79.9. The van der Waals surface area contributed by atoms with Crippen LogP contribution in [0.3, 0.4) is 0 Å². The SMILES string of the molecule is C=CCN(CC(=O)N1CCCCC1c1nc(-c2ccc(Br)cc2)no1)C(=O)C(C)(C)C. The highest BCUT2D eigenvalue weighted by Gasteiger charge is 2.35. The molecule has 31 heavy (non-hydrogen) atoms. The molecule has 0 bridgehead atoms. The van der Waals surface area contributed by atoms with Crippen molar-refractivity contribution in [2.24, 2.45) is 5.41 Å². The van der Waals surface area contributed by atoms with Crippen molar-refractivity contribution in [3.05, 3.63) is 47.3 Å². The van der Waals surface area contributed by atoms with E-state index in [4.69, 9.17) is 4.52 Å². The number of benzene rings is 1. The molecule has 2 aromatic rings. The molecule has 0 spiro atoms. The van der Waals surface area contributed by atoms with Gasteiger partial charge in [-0.15, -0.1) is 6.58 Å². The molecule has 1 unspecified atom stereocenters.